The van der Waals surface area contributed by atoms with Crippen LogP contribution in [0.2, 0.25) is 0 Å². The van der Waals surface area contributed by atoms with Gasteiger partial charge in [0.15, 0.2) is 0 Å². The zero-order valence-corrected chi connectivity index (χ0v) is 9.78. The van der Waals surface area contributed by atoms with Gasteiger partial charge in [-0.25, -0.2) is 0 Å². The molecule has 0 radical (unpaired) electrons. The van der Waals surface area contributed by atoms with Crippen molar-refractivity contribution in [2.24, 2.45) is 0 Å². The highest BCUT2D eigenvalue weighted by Gasteiger charge is 2.14. The van der Waals surface area contributed by atoms with E-state index in [2.05, 4.69) is 10.4 Å². The van der Waals surface area contributed by atoms with Gasteiger partial charge in [-0.2, -0.15) is 5.10 Å². The summed E-state index contributed by atoms with van der Waals surface area (Å²) in [5, 5.41) is 8.92. The van der Waals surface area contributed by atoms with Gasteiger partial charge in [-0.05, 0) is 24.4 Å². The van der Waals surface area contributed by atoms with Crippen molar-refractivity contribution in [2.45, 2.75) is 19.5 Å². The van der Waals surface area contributed by atoms with E-state index in [-0.39, 0.29) is 11.9 Å². The standard InChI is InChI=1S/C11H13N3OS/c1-9(14-6-3-5-13-14)11(15)12-8-10-4-2-7-16-10/h2-7,9H,8H2,1H3,(H,12,15). The summed E-state index contributed by atoms with van der Waals surface area (Å²) in [5.41, 5.74) is 0. The molecule has 2 aromatic heterocycles. The topological polar surface area (TPSA) is 46.9 Å². The van der Waals surface area contributed by atoms with E-state index in [0.29, 0.717) is 6.54 Å². The minimum Gasteiger partial charge on any atom is -0.349 e. The Morgan fingerprint density at radius 3 is 3.12 bits per heavy atom. The molecule has 1 unspecified atom stereocenters. The van der Waals surface area contributed by atoms with Crippen molar-refractivity contribution in [3.63, 3.8) is 0 Å². The van der Waals surface area contributed by atoms with Crippen molar-refractivity contribution >= 4 is 17.2 Å². The number of carbonyl (C=O) groups is 1. The van der Waals surface area contributed by atoms with E-state index in [9.17, 15) is 4.79 Å². The first-order valence-corrected chi connectivity index (χ1v) is 5.94. The van der Waals surface area contributed by atoms with E-state index >= 15 is 0 Å². The second kappa shape index (κ2) is 4.94. The maximum Gasteiger partial charge on any atom is 0.244 e. The highest BCUT2D eigenvalue weighted by molar-refractivity contribution is 7.09. The van der Waals surface area contributed by atoms with Crippen LogP contribution in [0.25, 0.3) is 0 Å². The average molecular weight is 235 g/mol. The predicted molar refractivity (Wildman–Crippen MR) is 63.1 cm³/mol. The molecule has 84 valence electrons. The van der Waals surface area contributed by atoms with Crippen LogP contribution in [0.5, 0.6) is 0 Å². The largest absolute Gasteiger partial charge is 0.349 e. The predicted octanol–water partition coefficient (Wildman–Crippen LogP) is 1.82. The molecule has 2 aromatic rings. The molecule has 0 spiro atoms. The number of carbonyl (C=O) groups excluding carboxylic acids is 1. The van der Waals surface area contributed by atoms with Crippen LogP contribution < -0.4 is 5.32 Å². The summed E-state index contributed by atoms with van der Waals surface area (Å²) in [7, 11) is 0. The number of nitrogens with one attached hydrogen (secondary N) is 1. The van der Waals surface area contributed by atoms with Crippen molar-refractivity contribution in [1.82, 2.24) is 15.1 Å². The lowest BCUT2D eigenvalue weighted by Gasteiger charge is -2.11. The molecule has 0 aliphatic rings. The molecule has 0 aliphatic heterocycles. The molecule has 0 saturated heterocycles. The summed E-state index contributed by atoms with van der Waals surface area (Å²) in [6.45, 7) is 2.42. The fraction of sp³-hybridized carbons (Fsp3) is 0.273. The lowest BCUT2D eigenvalue weighted by Crippen LogP contribution is -2.30. The Morgan fingerprint density at radius 2 is 2.50 bits per heavy atom. The maximum absolute atomic E-state index is 11.8. The number of amides is 1. The Labute approximate surface area is 97.9 Å². The molecule has 0 aliphatic carbocycles. The zero-order valence-electron chi connectivity index (χ0n) is 8.96. The van der Waals surface area contributed by atoms with Crippen molar-refractivity contribution in [3.8, 4) is 0 Å². The van der Waals surface area contributed by atoms with Crippen LogP contribution >= 0.6 is 11.3 Å². The third kappa shape index (κ3) is 2.49. The van der Waals surface area contributed by atoms with Crippen LogP contribution in [-0.4, -0.2) is 15.7 Å². The molecule has 1 N–H and O–H groups in total. The van der Waals surface area contributed by atoms with Crippen LogP contribution in [0.3, 0.4) is 0 Å². The highest BCUT2D eigenvalue weighted by Crippen LogP contribution is 2.09. The first-order valence-electron chi connectivity index (χ1n) is 5.06. The molecule has 0 aromatic carbocycles. The van der Waals surface area contributed by atoms with Crippen LogP contribution in [-0.2, 0) is 11.3 Å². The summed E-state index contributed by atoms with van der Waals surface area (Å²) >= 11 is 1.64. The summed E-state index contributed by atoms with van der Waals surface area (Å²) in [5.74, 6) is -0.0166. The molecule has 0 fully saturated rings. The van der Waals surface area contributed by atoms with Gasteiger partial charge < -0.3 is 5.32 Å². The number of thiophene rings is 1. The van der Waals surface area contributed by atoms with Crippen molar-refractivity contribution in [1.29, 1.82) is 0 Å². The van der Waals surface area contributed by atoms with Gasteiger partial charge in [0.1, 0.15) is 6.04 Å². The van der Waals surface area contributed by atoms with E-state index < -0.39 is 0 Å². The van der Waals surface area contributed by atoms with Crippen molar-refractivity contribution < 1.29 is 4.79 Å². The third-order valence-corrected chi connectivity index (χ3v) is 3.19. The smallest absolute Gasteiger partial charge is 0.244 e. The van der Waals surface area contributed by atoms with Crippen molar-refractivity contribution in [2.75, 3.05) is 0 Å². The Kier molecular flexibility index (Phi) is 3.36. The van der Waals surface area contributed by atoms with Gasteiger partial charge in [-0.3, -0.25) is 9.48 Å². The van der Waals surface area contributed by atoms with Gasteiger partial charge in [0.25, 0.3) is 0 Å². The fourth-order valence-corrected chi connectivity index (χ4v) is 2.01. The normalized spacial score (nSPS) is 12.3. The molecule has 5 heteroatoms. The van der Waals surface area contributed by atoms with Crippen LogP contribution in [0, 0.1) is 0 Å². The van der Waals surface area contributed by atoms with Gasteiger partial charge in [0.2, 0.25) is 5.91 Å². The maximum atomic E-state index is 11.8. The Morgan fingerprint density at radius 1 is 1.62 bits per heavy atom. The molecule has 16 heavy (non-hydrogen) atoms. The highest BCUT2D eigenvalue weighted by atomic mass is 32.1. The minimum absolute atomic E-state index is 0.0166. The average Bonchev–Trinajstić information content (AvgIpc) is 2.96. The SMILES string of the molecule is CC(C(=O)NCc1cccs1)n1cccn1. The second-order valence-corrected chi connectivity index (χ2v) is 4.49. The fourth-order valence-electron chi connectivity index (χ4n) is 1.36. The third-order valence-electron chi connectivity index (χ3n) is 2.32. The van der Waals surface area contributed by atoms with Crippen LogP contribution in [0.15, 0.2) is 36.0 Å². The molecule has 0 bridgehead atoms. The van der Waals surface area contributed by atoms with Crippen LogP contribution in [0.4, 0.5) is 0 Å². The minimum atomic E-state index is -0.269. The lowest BCUT2D eigenvalue weighted by atomic mass is 10.3. The Bertz CT molecular complexity index is 436. The first kappa shape index (κ1) is 10.9. The van der Waals surface area contributed by atoms with Crippen LogP contribution in [0.1, 0.15) is 17.8 Å². The Hall–Kier alpha value is -1.62. The summed E-state index contributed by atoms with van der Waals surface area (Å²) < 4.78 is 1.64. The lowest BCUT2D eigenvalue weighted by molar-refractivity contribution is -0.124. The van der Waals surface area contributed by atoms with E-state index in [1.54, 1.807) is 28.4 Å². The molecule has 1 atom stereocenters. The van der Waals surface area contributed by atoms with Gasteiger partial charge in [-0.1, -0.05) is 6.07 Å². The number of nitrogens with zero attached hydrogens (tertiary/aromatic N) is 2. The van der Waals surface area contributed by atoms with E-state index in [1.165, 1.54) is 0 Å². The molecule has 2 heterocycles. The van der Waals surface area contributed by atoms with E-state index in [4.69, 9.17) is 0 Å². The quantitative estimate of drug-likeness (QED) is 0.878. The monoisotopic (exact) mass is 235 g/mol. The molecule has 1 amide bonds. The number of aromatic nitrogens is 2. The molecule has 0 saturated carbocycles. The number of hydrogen-bond donors (Lipinski definition) is 1. The first-order chi connectivity index (χ1) is 7.77. The summed E-state index contributed by atoms with van der Waals surface area (Å²) in [4.78, 5) is 12.9. The van der Waals surface area contributed by atoms with Gasteiger partial charge >= 0.3 is 0 Å². The Balaban J connectivity index is 1.89. The summed E-state index contributed by atoms with van der Waals surface area (Å²) in [6.07, 6.45) is 3.46. The number of hydrogen-bond acceptors (Lipinski definition) is 3. The van der Waals surface area contributed by atoms with Gasteiger partial charge in [-0.15, -0.1) is 11.3 Å². The van der Waals surface area contributed by atoms with E-state index in [1.807, 2.05) is 30.5 Å². The van der Waals surface area contributed by atoms with Gasteiger partial charge in [0.05, 0.1) is 6.54 Å². The van der Waals surface area contributed by atoms with E-state index in [0.717, 1.165) is 4.88 Å². The molecular formula is C11H13N3OS. The zero-order chi connectivity index (χ0) is 11.4. The molecule has 2 rings (SSSR count). The van der Waals surface area contributed by atoms with Gasteiger partial charge in [0, 0.05) is 17.3 Å². The second-order valence-electron chi connectivity index (χ2n) is 3.46. The molecule has 4 nitrogen and oxygen atoms in total. The van der Waals surface area contributed by atoms with Crippen molar-refractivity contribution in [3.05, 3.63) is 40.8 Å². The summed E-state index contributed by atoms with van der Waals surface area (Å²) in [6, 6.07) is 5.52. The number of rotatable bonds is 4. The molecular weight excluding hydrogens is 222 g/mol.